The molecule has 0 bridgehead atoms. The molecule has 2 nitrogen and oxygen atoms in total. The summed E-state index contributed by atoms with van der Waals surface area (Å²) in [7, 11) is 0. The summed E-state index contributed by atoms with van der Waals surface area (Å²) in [4.78, 5) is 0. The Hall–Kier alpha value is -0.0600. The fourth-order valence-electron chi connectivity index (χ4n) is 2.02. The van der Waals surface area contributed by atoms with Crippen LogP contribution in [0, 0.1) is 6.92 Å². The average molecular weight is 348 g/mol. The number of rotatable bonds is 2. The molecule has 0 amide bonds. The molecule has 1 aliphatic rings. The zero-order valence-electron chi connectivity index (χ0n) is 9.32. The maximum Gasteiger partial charge on any atom is 0.0631 e. The number of piperidine rings is 1. The predicted molar refractivity (Wildman–Crippen MR) is 76.1 cm³/mol. The molecule has 16 heavy (non-hydrogen) atoms. The monoisotopic (exact) mass is 346 g/mol. The number of aryl methyl sites for hydroxylation is 1. The quantitative estimate of drug-likeness (QED) is 0.852. The van der Waals surface area contributed by atoms with Crippen LogP contribution in [0.2, 0.25) is 0 Å². The summed E-state index contributed by atoms with van der Waals surface area (Å²) < 4.78 is 2.26. The number of hydrogen-bond donors (Lipinski definition) is 2. The van der Waals surface area contributed by atoms with E-state index >= 15 is 0 Å². The molecule has 2 N–H and O–H groups in total. The zero-order valence-corrected chi connectivity index (χ0v) is 12.5. The Morgan fingerprint density at radius 1 is 1.31 bits per heavy atom. The Kier molecular flexibility index (Phi) is 4.27. The number of nitrogens with one attached hydrogen (secondary N) is 2. The lowest BCUT2D eigenvalue weighted by molar-refractivity contribution is 0.479. The van der Waals surface area contributed by atoms with Crippen molar-refractivity contribution in [2.24, 2.45) is 0 Å². The van der Waals surface area contributed by atoms with Gasteiger partial charge in [-0.3, -0.25) is 0 Å². The number of halogens is 2. The number of benzene rings is 1. The summed E-state index contributed by atoms with van der Waals surface area (Å²) in [6, 6.07) is 4.82. The molecule has 1 heterocycles. The highest BCUT2D eigenvalue weighted by Gasteiger charge is 2.15. The summed E-state index contributed by atoms with van der Waals surface area (Å²) in [6.45, 7) is 4.29. The molecule has 1 unspecified atom stereocenters. The zero-order chi connectivity index (χ0) is 11.5. The van der Waals surface area contributed by atoms with E-state index in [1.165, 1.54) is 24.1 Å². The second-order valence-corrected chi connectivity index (χ2v) is 6.00. The van der Waals surface area contributed by atoms with Gasteiger partial charge in [0.05, 0.1) is 5.69 Å². The molecule has 0 aliphatic carbocycles. The summed E-state index contributed by atoms with van der Waals surface area (Å²) in [5.41, 5.74) is 2.42. The van der Waals surface area contributed by atoms with Gasteiger partial charge >= 0.3 is 0 Å². The Morgan fingerprint density at radius 3 is 2.56 bits per heavy atom. The van der Waals surface area contributed by atoms with Gasteiger partial charge in [-0.1, -0.05) is 0 Å². The van der Waals surface area contributed by atoms with Crippen LogP contribution in [0.3, 0.4) is 0 Å². The average Bonchev–Trinajstić information content (AvgIpc) is 2.25. The van der Waals surface area contributed by atoms with Crippen LogP contribution in [-0.2, 0) is 0 Å². The summed E-state index contributed by atoms with van der Waals surface area (Å²) >= 11 is 7.22. The van der Waals surface area contributed by atoms with Crippen molar-refractivity contribution in [1.29, 1.82) is 0 Å². The molecule has 0 saturated carbocycles. The van der Waals surface area contributed by atoms with Crippen molar-refractivity contribution in [3.63, 3.8) is 0 Å². The van der Waals surface area contributed by atoms with E-state index in [9.17, 15) is 0 Å². The third-order valence-electron chi connectivity index (χ3n) is 2.83. The lowest BCUT2D eigenvalue weighted by Crippen LogP contribution is -2.38. The van der Waals surface area contributed by atoms with Crippen LogP contribution in [-0.4, -0.2) is 19.1 Å². The molecule has 4 heteroatoms. The van der Waals surface area contributed by atoms with E-state index in [-0.39, 0.29) is 0 Å². The van der Waals surface area contributed by atoms with Gasteiger partial charge in [0.15, 0.2) is 0 Å². The third kappa shape index (κ3) is 2.99. The normalized spacial score (nSPS) is 20.8. The molecule has 1 saturated heterocycles. The Bertz CT molecular complexity index is 350. The molecular formula is C12H16Br2N2. The first-order chi connectivity index (χ1) is 7.66. The highest BCUT2D eigenvalue weighted by atomic mass is 79.9. The van der Waals surface area contributed by atoms with Gasteiger partial charge in [-0.15, -0.1) is 0 Å². The van der Waals surface area contributed by atoms with E-state index in [0.717, 1.165) is 22.0 Å². The minimum absolute atomic E-state index is 0.532. The van der Waals surface area contributed by atoms with Crippen LogP contribution >= 0.6 is 31.9 Å². The Labute approximate surface area is 113 Å². The fraction of sp³-hybridized carbons (Fsp3) is 0.500. The van der Waals surface area contributed by atoms with Crippen molar-refractivity contribution in [2.45, 2.75) is 25.8 Å². The highest BCUT2D eigenvalue weighted by molar-refractivity contribution is 9.11. The smallest absolute Gasteiger partial charge is 0.0631 e. The molecule has 1 atom stereocenters. The van der Waals surface area contributed by atoms with E-state index in [1.807, 2.05) is 0 Å². The van der Waals surface area contributed by atoms with Gasteiger partial charge in [-0.25, -0.2) is 0 Å². The molecule has 1 aromatic rings. The van der Waals surface area contributed by atoms with Crippen LogP contribution in [0.4, 0.5) is 5.69 Å². The molecule has 1 fully saturated rings. The number of hydrogen-bond acceptors (Lipinski definition) is 2. The first-order valence-electron chi connectivity index (χ1n) is 5.59. The van der Waals surface area contributed by atoms with Crippen molar-refractivity contribution in [3.05, 3.63) is 26.6 Å². The maximum atomic E-state index is 3.61. The van der Waals surface area contributed by atoms with Gasteiger partial charge in [0.25, 0.3) is 0 Å². The second-order valence-electron chi connectivity index (χ2n) is 4.29. The predicted octanol–water partition coefficient (Wildman–Crippen LogP) is 3.68. The highest BCUT2D eigenvalue weighted by Crippen LogP contribution is 2.33. The summed E-state index contributed by atoms with van der Waals surface area (Å²) in [6.07, 6.45) is 2.48. The fourth-order valence-corrected chi connectivity index (χ4v) is 3.66. The van der Waals surface area contributed by atoms with Crippen LogP contribution in [0.25, 0.3) is 0 Å². The van der Waals surface area contributed by atoms with Gasteiger partial charge in [0.2, 0.25) is 0 Å². The van der Waals surface area contributed by atoms with Gasteiger partial charge < -0.3 is 10.6 Å². The largest absolute Gasteiger partial charge is 0.379 e. The van der Waals surface area contributed by atoms with Crippen LogP contribution < -0.4 is 10.6 Å². The van der Waals surface area contributed by atoms with Crippen molar-refractivity contribution in [2.75, 3.05) is 18.4 Å². The topological polar surface area (TPSA) is 24.1 Å². The van der Waals surface area contributed by atoms with E-state index in [0.29, 0.717) is 6.04 Å². The van der Waals surface area contributed by atoms with Gasteiger partial charge in [0.1, 0.15) is 0 Å². The van der Waals surface area contributed by atoms with Crippen LogP contribution in [0.1, 0.15) is 18.4 Å². The molecule has 1 aromatic carbocycles. The summed E-state index contributed by atoms with van der Waals surface area (Å²) in [5, 5.41) is 7.00. The maximum absolute atomic E-state index is 3.61. The molecule has 0 spiro atoms. The van der Waals surface area contributed by atoms with Crippen LogP contribution in [0.15, 0.2) is 21.1 Å². The first-order valence-corrected chi connectivity index (χ1v) is 7.18. The Morgan fingerprint density at radius 2 is 2.00 bits per heavy atom. The minimum Gasteiger partial charge on any atom is -0.379 e. The van der Waals surface area contributed by atoms with Crippen molar-refractivity contribution in [1.82, 2.24) is 5.32 Å². The van der Waals surface area contributed by atoms with Gasteiger partial charge in [-0.2, -0.15) is 0 Å². The SMILES string of the molecule is Cc1cc(Br)c(NC2CCCNC2)c(Br)c1. The first kappa shape index (κ1) is 12.4. The molecule has 1 aliphatic heterocycles. The summed E-state index contributed by atoms with van der Waals surface area (Å²) in [5.74, 6) is 0. The van der Waals surface area contributed by atoms with Crippen molar-refractivity contribution in [3.8, 4) is 0 Å². The van der Waals surface area contributed by atoms with Crippen molar-refractivity contribution >= 4 is 37.5 Å². The van der Waals surface area contributed by atoms with Crippen LogP contribution in [0.5, 0.6) is 0 Å². The molecule has 0 radical (unpaired) electrons. The standard InChI is InChI=1S/C12H16Br2N2/c1-8-5-10(13)12(11(14)6-8)16-9-3-2-4-15-7-9/h5-6,9,15-16H,2-4,7H2,1H3. The molecular weight excluding hydrogens is 332 g/mol. The van der Waals surface area contributed by atoms with E-state index in [1.54, 1.807) is 0 Å². The van der Waals surface area contributed by atoms with Crippen molar-refractivity contribution < 1.29 is 0 Å². The van der Waals surface area contributed by atoms with Gasteiger partial charge in [0, 0.05) is 21.5 Å². The van der Waals surface area contributed by atoms with E-state index in [2.05, 4.69) is 61.5 Å². The third-order valence-corrected chi connectivity index (χ3v) is 4.08. The molecule has 2 rings (SSSR count). The molecule has 0 aromatic heterocycles. The number of anilines is 1. The Balaban J connectivity index is 2.14. The van der Waals surface area contributed by atoms with E-state index < -0.39 is 0 Å². The van der Waals surface area contributed by atoms with E-state index in [4.69, 9.17) is 0 Å². The molecule has 88 valence electrons. The van der Waals surface area contributed by atoms with Gasteiger partial charge in [-0.05, 0) is 75.9 Å². The minimum atomic E-state index is 0.532. The lowest BCUT2D eigenvalue weighted by atomic mass is 10.1. The lowest BCUT2D eigenvalue weighted by Gasteiger charge is -2.26. The second kappa shape index (κ2) is 5.52.